The summed E-state index contributed by atoms with van der Waals surface area (Å²) in [4.78, 5) is 8.09. The molecular formula is C16H13ClF4N6. The summed E-state index contributed by atoms with van der Waals surface area (Å²) in [6.45, 7) is -0.454. The van der Waals surface area contributed by atoms with Crippen LogP contribution in [0, 0.1) is 5.82 Å². The summed E-state index contributed by atoms with van der Waals surface area (Å²) in [5.74, 6) is -0.759. The average Bonchev–Trinajstić information content (AvgIpc) is 3.00. The molecule has 0 bridgehead atoms. The van der Waals surface area contributed by atoms with E-state index in [9.17, 15) is 17.6 Å². The maximum atomic E-state index is 13.9. The summed E-state index contributed by atoms with van der Waals surface area (Å²) >= 11 is 5.99. The van der Waals surface area contributed by atoms with Crippen molar-refractivity contribution in [3.63, 3.8) is 0 Å². The molecule has 0 aliphatic carbocycles. The van der Waals surface area contributed by atoms with E-state index in [0.29, 0.717) is 5.69 Å². The van der Waals surface area contributed by atoms with E-state index in [-0.39, 0.29) is 16.8 Å². The van der Waals surface area contributed by atoms with E-state index in [0.717, 1.165) is 18.2 Å². The highest BCUT2D eigenvalue weighted by Gasteiger charge is 2.34. The molecule has 0 saturated carbocycles. The first-order chi connectivity index (χ1) is 12.7. The molecule has 0 fully saturated rings. The Balaban J connectivity index is 1.82. The Morgan fingerprint density at radius 1 is 1.22 bits per heavy atom. The standard InChI is InChI=1S/C16H13ClF4N6/c1-27-8-9(5-24-27)25-15-23-7-12(17)14(26-15)22-6-10-11(16(19,20)21)3-2-4-13(10)18/h2-5,7-8H,6H2,1H3,(H2,22,23,25,26). The van der Waals surface area contributed by atoms with Gasteiger partial charge < -0.3 is 10.6 Å². The normalized spacial score (nSPS) is 11.5. The summed E-state index contributed by atoms with van der Waals surface area (Å²) in [7, 11) is 1.73. The molecule has 0 amide bonds. The van der Waals surface area contributed by atoms with Gasteiger partial charge in [0.2, 0.25) is 5.95 Å². The summed E-state index contributed by atoms with van der Waals surface area (Å²) in [5.41, 5.74) is -0.977. The van der Waals surface area contributed by atoms with Crippen LogP contribution in [-0.2, 0) is 19.8 Å². The molecule has 2 aromatic heterocycles. The van der Waals surface area contributed by atoms with Crippen LogP contribution >= 0.6 is 11.6 Å². The van der Waals surface area contributed by atoms with Crippen molar-refractivity contribution in [2.75, 3.05) is 10.6 Å². The number of hydrogen-bond donors (Lipinski definition) is 2. The molecule has 2 heterocycles. The van der Waals surface area contributed by atoms with Gasteiger partial charge in [-0.1, -0.05) is 17.7 Å². The fourth-order valence-corrected chi connectivity index (χ4v) is 2.50. The van der Waals surface area contributed by atoms with Crippen molar-refractivity contribution in [3.8, 4) is 0 Å². The van der Waals surface area contributed by atoms with Crippen molar-refractivity contribution in [1.82, 2.24) is 19.7 Å². The number of nitrogens with one attached hydrogen (secondary N) is 2. The highest BCUT2D eigenvalue weighted by Crippen LogP contribution is 2.33. The first-order valence-electron chi connectivity index (χ1n) is 7.60. The molecule has 0 radical (unpaired) electrons. The predicted molar refractivity (Wildman–Crippen MR) is 92.3 cm³/mol. The molecule has 2 N–H and O–H groups in total. The minimum absolute atomic E-state index is 0.0643. The number of aromatic nitrogens is 4. The topological polar surface area (TPSA) is 67.7 Å². The van der Waals surface area contributed by atoms with Gasteiger partial charge in [-0.15, -0.1) is 0 Å². The van der Waals surface area contributed by atoms with E-state index in [2.05, 4.69) is 25.7 Å². The van der Waals surface area contributed by atoms with Gasteiger partial charge in [-0.05, 0) is 12.1 Å². The molecule has 0 aliphatic heterocycles. The lowest BCUT2D eigenvalue weighted by Gasteiger charge is -2.15. The second-order valence-corrected chi connectivity index (χ2v) is 5.94. The lowest BCUT2D eigenvalue weighted by Crippen LogP contribution is -2.14. The van der Waals surface area contributed by atoms with E-state index in [4.69, 9.17) is 11.6 Å². The van der Waals surface area contributed by atoms with E-state index < -0.39 is 29.7 Å². The first-order valence-corrected chi connectivity index (χ1v) is 7.98. The quantitative estimate of drug-likeness (QED) is 0.622. The van der Waals surface area contributed by atoms with Crippen molar-refractivity contribution >= 4 is 29.1 Å². The number of alkyl halides is 3. The van der Waals surface area contributed by atoms with Crippen molar-refractivity contribution in [3.05, 3.63) is 58.8 Å². The molecule has 1 aromatic carbocycles. The van der Waals surface area contributed by atoms with E-state index in [1.165, 1.54) is 6.20 Å². The van der Waals surface area contributed by atoms with Crippen LogP contribution in [0.5, 0.6) is 0 Å². The van der Waals surface area contributed by atoms with E-state index >= 15 is 0 Å². The third kappa shape index (κ3) is 4.45. The molecule has 0 spiro atoms. The third-order valence-corrected chi connectivity index (χ3v) is 3.84. The van der Waals surface area contributed by atoms with Gasteiger partial charge in [0.05, 0.1) is 23.6 Å². The molecule has 11 heteroatoms. The Morgan fingerprint density at radius 2 is 2.00 bits per heavy atom. The maximum Gasteiger partial charge on any atom is 0.416 e. The Hall–Kier alpha value is -2.88. The van der Waals surface area contributed by atoms with Gasteiger partial charge >= 0.3 is 6.18 Å². The largest absolute Gasteiger partial charge is 0.416 e. The van der Waals surface area contributed by atoms with Crippen molar-refractivity contribution < 1.29 is 17.6 Å². The number of halogens is 5. The van der Waals surface area contributed by atoms with Crippen molar-refractivity contribution in [2.24, 2.45) is 7.05 Å². The zero-order valence-corrected chi connectivity index (χ0v) is 14.6. The van der Waals surface area contributed by atoms with E-state index in [1.54, 1.807) is 24.1 Å². The molecule has 142 valence electrons. The van der Waals surface area contributed by atoms with Crippen LogP contribution in [0.3, 0.4) is 0 Å². The van der Waals surface area contributed by atoms with Crippen LogP contribution in [-0.4, -0.2) is 19.7 Å². The monoisotopic (exact) mass is 400 g/mol. The maximum absolute atomic E-state index is 13.9. The van der Waals surface area contributed by atoms with Crippen LogP contribution in [0.4, 0.5) is 35.0 Å². The molecule has 3 aromatic rings. The minimum Gasteiger partial charge on any atom is -0.364 e. The summed E-state index contributed by atoms with van der Waals surface area (Å²) < 4.78 is 54.7. The summed E-state index contributed by atoms with van der Waals surface area (Å²) in [6, 6.07) is 2.79. The average molecular weight is 401 g/mol. The number of benzene rings is 1. The molecule has 3 rings (SSSR count). The number of aryl methyl sites for hydroxylation is 1. The molecule has 0 unspecified atom stereocenters. The number of anilines is 3. The van der Waals surface area contributed by atoms with Gasteiger partial charge in [0.25, 0.3) is 0 Å². The van der Waals surface area contributed by atoms with Crippen LogP contribution in [0.15, 0.2) is 36.8 Å². The summed E-state index contributed by atoms with van der Waals surface area (Å²) in [6.07, 6.45) is -0.177. The van der Waals surface area contributed by atoms with Gasteiger partial charge in [0.1, 0.15) is 10.8 Å². The fourth-order valence-electron chi connectivity index (χ4n) is 2.34. The number of hydrogen-bond acceptors (Lipinski definition) is 5. The van der Waals surface area contributed by atoms with Gasteiger partial charge in [-0.3, -0.25) is 4.68 Å². The first kappa shape index (κ1) is 18.9. The zero-order chi connectivity index (χ0) is 19.6. The minimum atomic E-state index is -4.68. The highest BCUT2D eigenvalue weighted by molar-refractivity contribution is 6.32. The SMILES string of the molecule is Cn1cc(Nc2ncc(Cl)c(NCc3c(F)cccc3C(F)(F)F)n2)cn1. The Morgan fingerprint density at radius 3 is 2.67 bits per heavy atom. The Labute approximate surface area is 156 Å². The van der Waals surface area contributed by atoms with Crippen LogP contribution in [0.25, 0.3) is 0 Å². The third-order valence-electron chi connectivity index (χ3n) is 3.56. The van der Waals surface area contributed by atoms with Crippen LogP contribution < -0.4 is 10.6 Å². The molecule has 0 saturated heterocycles. The fraction of sp³-hybridized carbons (Fsp3) is 0.188. The second kappa shape index (κ2) is 7.39. The van der Waals surface area contributed by atoms with Gasteiger partial charge in [-0.2, -0.15) is 23.3 Å². The second-order valence-electron chi connectivity index (χ2n) is 5.54. The Bertz CT molecular complexity index is 956. The van der Waals surface area contributed by atoms with Gasteiger partial charge in [-0.25, -0.2) is 9.37 Å². The van der Waals surface area contributed by atoms with Gasteiger partial charge in [0.15, 0.2) is 5.82 Å². The number of nitrogens with zero attached hydrogens (tertiary/aromatic N) is 4. The van der Waals surface area contributed by atoms with Gasteiger partial charge in [0, 0.05) is 25.4 Å². The Kier molecular flexibility index (Phi) is 5.17. The van der Waals surface area contributed by atoms with Crippen LogP contribution in [0.1, 0.15) is 11.1 Å². The van der Waals surface area contributed by atoms with Crippen molar-refractivity contribution in [1.29, 1.82) is 0 Å². The lowest BCUT2D eigenvalue weighted by atomic mass is 10.1. The predicted octanol–water partition coefficient (Wildman–Crippen LogP) is 4.38. The molecule has 0 atom stereocenters. The lowest BCUT2D eigenvalue weighted by molar-refractivity contribution is -0.138. The number of rotatable bonds is 5. The molecule has 6 nitrogen and oxygen atoms in total. The van der Waals surface area contributed by atoms with Crippen molar-refractivity contribution in [2.45, 2.75) is 12.7 Å². The molecule has 27 heavy (non-hydrogen) atoms. The molecule has 0 aliphatic rings. The zero-order valence-electron chi connectivity index (χ0n) is 13.8. The van der Waals surface area contributed by atoms with Crippen LogP contribution in [0.2, 0.25) is 5.02 Å². The molecular weight excluding hydrogens is 388 g/mol. The summed E-state index contributed by atoms with van der Waals surface area (Å²) in [5, 5.41) is 9.57. The highest BCUT2D eigenvalue weighted by atomic mass is 35.5. The smallest absolute Gasteiger partial charge is 0.364 e. The van der Waals surface area contributed by atoms with E-state index in [1.807, 2.05) is 0 Å².